The van der Waals surface area contributed by atoms with Crippen LogP contribution in [0.1, 0.15) is 115 Å². The van der Waals surface area contributed by atoms with Crippen LogP contribution < -0.4 is 5.32 Å². The molecule has 14 nitrogen and oxygen atoms in total. The molecule has 0 saturated carbocycles. The monoisotopic (exact) mass is 920 g/mol. The van der Waals surface area contributed by atoms with Crippen molar-refractivity contribution >= 4 is 56.3 Å². The van der Waals surface area contributed by atoms with Crippen LogP contribution >= 0.6 is 0 Å². The molecule has 0 radical (unpaired) electrons. The Morgan fingerprint density at radius 2 is 1.09 bits per heavy atom. The number of piperidine rings is 7. The molecule has 3 aromatic carbocycles. The van der Waals surface area contributed by atoms with Gasteiger partial charge in [-0.15, -0.1) is 0 Å². The summed E-state index contributed by atoms with van der Waals surface area (Å²) in [6, 6.07) is 27.0. The number of ether oxygens (including phenoxy) is 2. The van der Waals surface area contributed by atoms with E-state index >= 15 is 0 Å². The van der Waals surface area contributed by atoms with E-state index in [4.69, 9.17) is 9.47 Å². The van der Waals surface area contributed by atoms with E-state index < -0.39 is 0 Å². The maximum absolute atomic E-state index is 12.7. The second kappa shape index (κ2) is 18.6. The molecule has 8 bridgehead atoms. The fraction of sp³-hybridized carbons (Fsp3) is 0.500. The first-order chi connectivity index (χ1) is 33.0. The SMILES string of the molecule is CN1[C@@H]2CCC[C@H]1CC(NC(=O)c1nn(C)c3ccccc13)C2.CN1[C@@H]2CC[C@H]1CC(OC(=O)c1c[nH]c3ccccc13)C2.O=C(OC1C[C@@H]2CC3C[C@H](C1)N2CC3=O)c1c[nH]c2ccccc12. The van der Waals surface area contributed by atoms with Crippen molar-refractivity contribution in [3.8, 4) is 0 Å². The van der Waals surface area contributed by atoms with Gasteiger partial charge in [0.2, 0.25) is 0 Å². The Kier molecular flexibility index (Phi) is 12.2. The third kappa shape index (κ3) is 8.64. The highest BCUT2D eigenvalue weighted by molar-refractivity contribution is 6.06. The molecule has 356 valence electrons. The molecule has 11 heterocycles. The van der Waals surface area contributed by atoms with Crippen molar-refractivity contribution in [2.45, 2.75) is 138 Å². The summed E-state index contributed by atoms with van der Waals surface area (Å²) in [7, 11) is 6.32. The van der Waals surface area contributed by atoms with E-state index in [1.807, 2.05) is 79.8 Å². The highest BCUT2D eigenvalue weighted by Gasteiger charge is 2.49. The summed E-state index contributed by atoms with van der Waals surface area (Å²) in [5, 5.41) is 10.5. The Labute approximate surface area is 397 Å². The molecule has 14 rings (SSSR count). The van der Waals surface area contributed by atoms with E-state index in [2.05, 4.69) is 49.2 Å². The number of fused-ring (bicyclic) bond motifs is 8. The fourth-order valence-electron chi connectivity index (χ4n) is 13.2. The number of nitrogens with zero attached hydrogens (tertiary/aromatic N) is 5. The number of hydrogen-bond acceptors (Lipinski definition) is 10. The van der Waals surface area contributed by atoms with Gasteiger partial charge in [0.15, 0.2) is 5.69 Å². The molecule has 6 aromatic rings. The second-order valence-electron chi connectivity index (χ2n) is 20.7. The summed E-state index contributed by atoms with van der Waals surface area (Å²) in [6.07, 6.45) is 17.5. The Hall–Kier alpha value is -5.83. The maximum Gasteiger partial charge on any atom is 0.340 e. The first kappa shape index (κ1) is 44.7. The van der Waals surface area contributed by atoms with Crippen LogP contribution in [-0.2, 0) is 21.3 Å². The Bertz CT molecular complexity index is 2800. The predicted molar refractivity (Wildman–Crippen MR) is 260 cm³/mol. The number of H-pyrrole nitrogens is 2. The summed E-state index contributed by atoms with van der Waals surface area (Å²) in [6.45, 7) is 0.600. The number of nitrogens with one attached hydrogen (secondary N) is 3. The molecule has 14 heteroatoms. The number of aromatic amines is 2. The lowest BCUT2D eigenvalue weighted by Crippen LogP contribution is -2.63. The molecule has 68 heavy (non-hydrogen) atoms. The third-order valence-electron chi connectivity index (χ3n) is 16.8. The minimum atomic E-state index is -0.242. The van der Waals surface area contributed by atoms with Crippen molar-refractivity contribution in [3.05, 3.63) is 102 Å². The van der Waals surface area contributed by atoms with Crippen LogP contribution in [0.15, 0.2) is 85.2 Å². The standard InChI is InChI=1S/C19H20N2O3.C18H24N4O.C17H20N2O2/c22-18-10-21-12-5-11(18)6-13(21)8-14(7-12)24-19(23)16-9-20-17-4-2-1-3-15(16)17;1-21-13-6-5-7-14(21)11-12(10-13)19-18(23)17-15-8-3-4-9-16(15)22(2)20-17;1-19-11-6-7-12(19)9-13(8-11)21-17(20)15-10-18-16-5-3-2-4-14(15)16/h1-4,9,11-14,20H,5-8,10H2;3-4,8-9,12-14H,5-7,10-11H2,1-2H3,(H,19,23);2-5,10-13,18H,6-9H2,1H3/t11?,12-,13+,14?;12?,13-,14+;11-,12+,13?. The lowest BCUT2D eigenvalue weighted by Gasteiger charge is -2.54. The molecule has 0 aliphatic carbocycles. The number of aryl methyl sites for hydroxylation is 1. The first-order valence-electron chi connectivity index (χ1n) is 25.0. The minimum Gasteiger partial charge on any atom is -0.459 e. The zero-order chi connectivity index (χ0) is 46.6. The number of aromatic nitrogens is 4. The molecule has 8 aliphatic heterocycles. The molecule has 8 aliphatic rings. The summed E-state index contributed by atoms with van der Waals surface area (Å²) < 4.78 is 13.4. The van der Waals surface area contributed by atoms with Crippen LogP contribution in [0, 0.1) is 5.92 Å². The smallest absolute Gasteiger partial charge is 0.340 e. The van der Waals surface area contributed by atoms with Crippen molar-refractivity contribution in [2.75, 3.05) is 20.6 Å². The van der Waals surface area contributed by atoms with Crippen LogP contribution in [0.2, 0.25) is 0 Å². The number of Topliss-reactive ketones (excluding diaryl/α,β-unsaturated/α-hetero) is 1. The van der Waals surface area contributed by atoms with Crippen LogP contribution in [0.25, 0.3) is 32.7 Å². The number of esters is 2. The van der Waals surface area contributed by atoms with Gasteiger partial charge in [-0.3, -0.25) is 19.2 Å². The van der Waals surface area contributed by atoms with Crippen LogP contribution in [0.4, 0.5) is 0 Å². The molecule has 0 spiro atoms. The number of ketones is 1. The van der Waals surface area contributed by atoms with Gasteiger partial charge in [-0.1, -0.05) is 61.0 Å². The van der Waals surface area contributed by atoms with Crippen molar-refractivity contribution < 1.29 is 28.7 Å². The van der Waals surface area contributed by atoms with Crippen molar-refractivity contribution in [2.24, 2.45) is 13.0 Å². The van der Waals surface area contributed by atoms with Crippen molar-refractivity contribution in [1.82, 2.24) is 39.8 Å². The van der Waals surface area contributed by atoms with Gasteiger partial charge >= 0.3 is 11.9 Å². The van der Waals surface area contributed by atoms with Gasteiger partial charge in [0.05, 0.1) is 23.2 Å². The quantitative estimate of drug-likeness (QED) is 0.141. The van der Waals surface area contributed by atoms with E-state index in [1.54, 1.807) is 17.1 Å². The third-order valence-corrected chi connectivity index (χ3v) is 16.8. The van der Waals surface area contributed by atoms with E-state index in [0.29, 0.717) is 65.4 Å². The molecule has 8 saturated heterocycles. The van der Waals surface area contributed by atoms with E-state index in [0.717, 1.165) is 84.1 Å². The van der Waals surface area contributed by atoms with E-state index in [1.165, 1.54) is 32.1 Å². The molecule has 5 unspecified atom stereocenters. The largest absolute Gasteiger partial charge is 0.459 e. The summed E-state index contributed by atoms with van der Waals surface area (Å²) >= 11 is 0. The highest BCUT2D eigenvalue weighted by atomic mass is 16.5. The van der Waals surface area contributed by atoms with E-state index in [-0.39, 0.29) is 42.0 Å². The highest BCUT2D eigenvalue weighted by Crippen LogP contribution is 2.43. The topological polar surface area (TPSA) is 158 Å². The minimum absolute atomic E-state index is 0.0329. The maximum atomic E-state index is 12.7. The second-order valence-corrected chi connectivity index (χ2v) is 20.7. The summed E-state index contributed by atoms with van der Waals surface area (Å²) in [5.74, 6) is 0.177. The number of rotatable bonds is 6. The van der Waals surface area contributed by atoms with Crippen LogP contribution in [0.5, 0.6) is 0 Å². The van der Waals surface area contributed by atoms with Crippen LogP contribution in [0.3, 0.4) is 0 Å². The Morgan fingerprint density at radius 3 is 1.63 bits per heavy atom. The molecule has 11 atom stereocenters. The average Bonchev–Trinajstić information content (AvgIpc) is 4.09. The van der Waals surface area contributed by atoms with Gasteiger partial charge in [0, 0.05) is 121 Å². The first-order valence-corrected chi connectivity index (χ1v) is 25.0. The van der Waals surface area contributed by atoms with Gasteiger partial charge in [-0.05, 0) is 83.7 Å². The van der Waals surface area contributed by atoms with Crippen molar-refractivity contribution in [1.29, 1.82) is 0 Å². The van der Waals surface area contributed by atoms with Gasteiger partial charge in [-0.25, -0.2) is 9.59 Å². The van der Waals surface area contributed by atoms with E-state index in [9.17, 15) is 19.2 Å². The molecular formula is C54H64N8O6. The normalized spacial score (nSPS) is 30.6. The predicted octanol–water partition coefficient (Wildman–Crippen LogP) is 7.79. The zero-order valence-electron chi connectivity index (χ0n) is 39.4. The van der Waals surface area contributed by atoms with Gasteiger partial charge < -0.3 is 34.6 Å². The van der Waals surface area contributed by atoms with Gasteiger partial charge in [0.25, 0.3) is 5.91 Å². The fourth-order valence-corrected chi connectivity index (χ4v) is 13.2. The molecule has 3 N–H and O–H groups in total. The molecule has 1 amide bonds. The number of amides is 1. The number of carbonyl (C=O) groups is 4. The summed E-state index contributed by atoms with van der Waals surface area (Å²) in [5.41, 5.74) is 4.74. The van der Waals surface area contributed by atoms with Crippen molar-refractivity contribution in [3.63, 3.8) is 0 Å². The van der Waals surface area contributed by atoms with Gasteiger partial charge in [0.1, 0.15) is 18.0 Å². The lowest BCUT2D eigenvalue weighted by molar-refractivity contribution is -0.145. The summed E-state index contributed by atoms with van der Waals surface area (Å²) in [4.78, 5) is 63.3. The Balaban J connectivity index is 0.000000112. The van der Waals surface area contributed by atoms with Crippen LogP contribution in [-0.4, -0.2) is 133 Å². The molecular weight excluding hydrogens is 857 g/mol. The van der Waals surface area contributed by atoms with Gasteiger partial charge in [-0.2, -0.15) is 5.10 Å². The Morgan fingerprint density at radius 1 is 0.603 bits per heavy atom. The lowest BCUT2D eigenvalue weighted by atomic mass is 9.72. The average molecular weight is 921 g/mol. The number of para-hydroxylation sites is 3. The number of benzene rings is 3. The number of hydrogen-bond donors (Lipinski definition) is 3. The molecule has 3 aromatic heterocycles. The number of carbonyl (C=O) groups excluding carboxylic acids is 4. The molecule has 8 fully saturated rings. The zero-order valence-corrected chi connectivity index (χ0v) is 39.4.